The van der Waals surface area contributed by atoms with E-state index in [1.807, 2.05) is 0 Å². The van der Waals surface area contributed by atoms with Gasteiger partial charge in [0.25, 0.3) is 0 Å². The Morgan fingerprint density at radius 3 is 1.96 bits per heavy atom. The van der Waals surface area contributed by atoms with Crippen LogP contribution in [0.2, 0.25) is 0 Å². The van der Waals surface area contributed by atoms with E-state index in [0.717, 1.165) is 13.2 Å². The van der Waals surface area contributed by atoms with Crippen LogP contribution in [0, 0.1) is 0 Å². The number of unbranched alkanes of at least 4 members (excludes halogenated alkanes) is 12. The lowest BCUT2D eigenvalue weighted by Crippen LogP contribution is -2.26. The van der Waals surface area contributed by atoms with Gasteiger partial charge in [-0.25, -0.2) is 0 Å². The minimum atomic E-state index is 0. The predicted molar refractivity (Wildman–Crippen MR) is 119 cm³/mol. The molecule has 0 bridgehead atoms. The van der Waals surface area contributed by atoms with Gasteiger partial charge < -0.3 is 10.1 Å². The number of hydrogen-bond donors (Lipinski definition) is 1. The van der Waals surface area contributed by atoms with Gasteiger partial charge in [0.15, 0.2) is 0 Å². The van der Waals surface area contributed by atoms with Crippen molar-refractivity contribution in [2.75, 3.05) is 19.8 Å². The van der Waals surface area contributed by atoms with Crippen molar-refractivity contribution in [1.82, 2.24) is 5.32 Å². The summed E-state index contributed by atoms with van der Waals surface area (Å²) in [4.78, 5) is 0. The normalized spacial score (nSPS) is 17.0. The summed E-state index contributed by atoms with van der Waals surface area (Å²) in [5.74, 6) is 0. The van der Waals surface area contributed by atoms with Crippen LogP contribution >= 0.6 is 12.4 Å². The predicted octanol–water partition coefficient (Wildman–Crippen LogP) is 7.21. The Morgan fingerprint density at radius 2 is 1.38 bits per heavy atom. The summed E-state index contributed by atoms with van der Waals surface area (Å²) in [7, 11) is 0. The van der Waals surface area contributed by atoms with Crippen molar-refractivity contribution in [3.8, 4) is 0 Å². The van der Waals surface area contributed by atoms with Crippen LogP contribution in [-0.4, -0.2) is 25.8 Å². The number of ether oxygens (including phenoxy) is 1. The molecule has 0 spiro atoms. The fraction of sp³-hybridized carbons (Fsp3) is 0.913. The summed E-state index contributed by atoms with van der Waals surface area (Å²) < 4.78 is 5.77. The van der Waals surface area contributed by atoms with Gasteiger partial charge >= 0.3 is 0 Å². The van der Waals surface area contributed by atoms with E-state index in [9.17, 15) is 0 Å². The maximum Gasteiger partial charge on any atom is 0.0619 e. The summed E-state index contributed by atoms with van der Waals surface area (Å²) in [5, 5.41) is 3.48. The lowest BCUT2D eigenvalue weighted by atomic mass is 10.1. The van der Waals surface area contributed by atoms with Crippen LogP contribution in [0.3, 0.4) is 0 Å². The molecule has 0 unspecified atom stereocenters. The van der Waals surface area contributed by atoms with E-state index in [4.69, 9.17) is 4.74 Å². The Bertz CT molecular complexity index is 290. The molecule has 1 saturated heterocycles. The molecule has 2 nitrogen and oxygen atoms in total. The quantitative estimate of drug-likeness (QED) is 0.198. The lowest BCUT2D eigenvalue weighted by molar-refractivity contribution is 0.112. The molecule has 0 radical (unpaired) electrons. The van der Waals surface area contributed by atoms with E-state index in [0.29, 0.717) is 6.04 Å². The minimum Gasteiger partial charge on any atom is -0.380 e. The van der Waals surface area contributed by atoms with E-state index in [1.165, 1.54) is 109 Å². The summed E-state index contributed by atoms with van der Waals surface area (Å²) in [6.07, 6.45) is 26.6. The van der Waals surface area contributed by atoms with Gasteiger partial charge in [0.2, 0.25) is 0 Å². The Labute approximate surface area is 170 Å². The van der Waals surface area contributed by atoms with E-state index in [-0.39, 0.29) is 12.4 Å². The molecule has 156 valence electrons. The number of hydrogen-bond acceptors (Lipinski definition) is 2. The van der Waals surface area contributed by atoms with Crippen LogP contribution in [-0.2, 0) is 4.74 Å². The first kappa shape index (κ1) is 26.0. The summed E-state index contributed by atoms with van der Waals surface area (Å²) >= 11 is 0. The highest BCUT2D eigenvalue weighted by atomic mass is 35.5. The molecule has 1 aliphatic rings. The van der Waals surface area contributed by atoms with Crippen LogP contribution in [0.15, 0.2) is 12.2 Å². The molecular formula is C23H46ClNO. The second-order valence-corrected chi connectivity index (χ2v) is 7.81. The monoisotopic (exact) mass is 387 g/mol. The number of halogens is 1. The Kier molecular flexibility index (Phi) is 21.2. The van der Waals surface area contributed by atoms with Crippen molar-refractivity contribution in [3.05, 3.63) is 12.2 Å². The molecule has 1 atom stereocenters. The van der Waals surface area contributed by atoms with Gasteiger partial charge in [0.1, 0.15) is 0 Å². The molecule has 26 heavy (non-hydrogen) atoms. The van der Waals surface area contributed by atoms with Gasteiger partial charge in [-0.15, -0.1) is 12.4 Å². The zero-order valence-electron chi connectivity index (χ0n) is 17.5. The molecule has 0 aliphatic carbocycles. The first-order valence-corrected chi connectivity index (χ1v) is 11.4. The Balaban J connectivity index is 0.00000625. The smallest absolute Gasteiger partial charge is 0.0619 e. The van der Waals surface area contributed by atoms with Crippen LogP contribution < -0.4 is 5.32 Å². The fourth-order valence-corrected chi connectivity index (χ4v) is 3.58. The molecule has 1 fully saturated rings. The van der Waals surface area contributed by atoms with Gasteiger partial charge in [-0.2, -0.15) is 0 Å². The lowest BCUT2D eigenvalue weighted by Gasteiger charge is -2.10. The molecule has 0 aromatic rings. The average molecular weight is 388 g/mol. The molecule has 0 saturated carbocycles. The van der Waals surface area contributed by atoms with Gasteiger partial charge in [-0.3, -0.25) is 0 Å². The van der Waals surface area contributed by atoms with Crippen molar-refractivity contribution in [2.45, 2.75) is 116 Å². The summed E-state index contributed by atoms with van der Waals surface area (Å²) in [5.41, 5.74) is 0. The van der Waals surface area contributed by atoms with E-state index >= 15 is 0 Å². The first-order valence-electron chi connectivity index (χ1n) is 11.4. The number of nitrogens with one attached hydrogen (secondary N) is 1. The van der Waals surface area contributed by atoms with E-state index in [2.05, 4.69) is 24.4 Å². The molecule has 3 heteroatoms. The second-order valence-electron chi connectivity index (χ2n) is 7.81. The Hall–Kier alpha value is -0.0500. The standard InChI is InChI=1S/C23H45NO.ClH/c1-2-3-4-5-6-7-8-9-10-11-12-13-14-15-16-17-21-25-22-23-19-18-20-24-23;/h9-10,23-24H,2-8,11-22H2,1H3;1H/b10-9+;/t23-;/m0./s1. The third kappa shape index (κ3) is 17.4. The molecule has 1 rings (SSSR count). The van der Waals surface area contributed by atoms with E-state index < -0.39 is 0 Å². The largest absolute Gasteiger partial charge is 0.380 e. The fourth-order valence-electron chi connectivity index (χ4n) is 3.58. The SMILES string of the molecule is CCCCCCCC/C=C/CCCCCCCCOC[C@@H]1CCCN1.Cl. The number of rotatable bonds is 18. The van der Waals surface area contributed by atoms with Gasteiger partial charge in [0.05, 0.1) is 6.61 Å². The first-order chi connectivity index (χ1) is 12.4. The molecule has 1 N–H and O–H groups in total. The van der Waals surface area contributed by atoms with Crippen molar-refractivity contribution in [1.29, 1.82) is 0 Å². The van der Waals surface area contributed by atoms with Gasteiger partial charge in [-0.1, -0.05) is 76.9 Å². The second kappa shape index (κ2) is 21.3. The zero-order chi connectivity index (χ0) is 17.8. The van der Waals surface area contributed by atoms with Gasteiger partial charge in [0, 0.05) is 12.6 Å². The Morgan fingerprint density at radius 1 is 0.808 bits per heavy atom. The minimum absolute atomic E-state index is 0. The highest BCUT2D eigenvalue weighted by Gasteiger charge is 2.13. The summed E-state index contributed by atoms with van der Waals surface area (Å²) in [6, 6.07) is 0.633. The highest BCUT2D eigenvalue weighted by molar-refractivity contribution is 5.85. The van der Waals surface area contributed by atoms with Crippen molar-refractivity contribution in [3.63, 3.8) is 0 Å². The molecule has 1 aliphatic heterocycles. The third-order valence-corrected chi connectivity index (χ3v) is 5.28. The number of allylic oxidation sites excluding steroid dienone is 2. The zero-order valence-corrected chi connectivity index (χ0v) is 18.3. The molecule has 0 aromatic heterocycles. The highest BCUT2D eigenvalue weighted by Crippen LogP contribution is 2.10. The van der Waals surface area contributed by atoms with Gasteiger partial charge in [-0.05, 0) is 51.5 Å². The molecule has 0 aromatic carbocycles. The average Bonchev–Trinajstić information content (AvgIpc) is 3.14. The molecule has 0 amide bonds. The summed E-state index contributed by atoms with van der Waals surface area (Å²) in [6.45, 7) is 5.35. The van der Waals surface area contributed by atoms with Crippen LogP contribution in [0.25, 0.3) is 0 Å². The maximum absolute atomic E-state index is 5.77. The van der Waals surface area contributed by atoms with Crippen molar-refractivity contribution >= 4 is 12.4 Å². The van der Waals surface area contributed by atoms with Crippen molar-refractivity contribution in [2.24, 2.45) is 0 Å². The third-order valence-electron chi connectivity index (χ3n) is 5.28. The van der Waals surface area contributed by atoms with Crippen LogP contribution in [0.4, 0.5) is 0 Å². The maximum atomic E-state index is 5.77. The van der Waals surface area contributed by atoms with Crippen LogP contribution in [0.1, 0.15) is 110 Å². The van der Waals surface area contributed by atoms with E-state index in [1.54, 1.807) is 0 Å². The molecular weight excluding hydrogens is 342 g/mol. The topological polar surface area (TPSA) is 21.3 Å². The van der Waals surface area contributed by atoms with Crippen LogP contribution in [0.5, 0.6) is 0 Å². The molecule has 1 heterocycles. The van der Waals surface area contributed by atoms with Crippen molar-refractivity contribution < 1.29 is 4.74 Å².